The van der Waals surface area contributed by atoms with Crippen LogP contribution in [0.1, 0.15) is 38.4 Å². The van der Waals surface area contributed by atoms with Crippen molar-refractivity contribution < 1.29 is 19.4 Å². The number of hydrogen-bond acceptors (Lipinski definition) is 4. The zero-order valence-corrected chi connectivity index (χ0v) is 13.8. The lowest BCUT2D eigenvalue weighted by Gasteiger charge is -2.35. The summed E-state index contributed by atoms with van der Waals surface area (Å²) in [5.74, 6) is -0.191. The standard InChI is InChI=1S/C18H17NO4S/c20-16(13-9-15(17(21)22)24-10-13)19-8-7-18(11-19)6-5-12-3-1-2-4-14(12)23-18/h1-4,9-10H,5-8,11H2,(H,21,22). The summed E-state index contributed by atoms with van der Waals surface area (Å²) in [4.78, 5) is 25.6. The van der Waals surface area contributed by atoms with Crippen LogP contribution in [0.25, 0.3) is 0 Å². The van der Waals surface area contributed by atoms with Crippen molar-refractivity contribution in [1.82, 2.24) is 4.90 Å². The summed E-state index contributed by atoms with van der Waals surface area (Å²) >= 11 is 1.08. The van der Waals surface area contributed by atoms with Gasteiger partial charge in [-0.15, -0.1) is 11.3 Å². The van der Waals surface area contributed by atoms with Gasteiger partial charge in [0.2, 0.25) is 0 Å². The highest BCUT2D eigenvalue weighted by Crippen LogP contribution is 2.39. The Hall–Kier alpha value is -2.34. The molecule has 4 rings (SSSR count). The Bertz CT molecular complexity index is 815. The van der Waals surface area contributed by atoms with E-state index in [0.29, 0.717) is 18.7 Å². The number of aryl methyl sites for hydroxylation is 1. The van der Waals surface area contributed by atoms with Crippen LogP contribution in [-0.2, 0) is 6.42 Å². The first-order valence-corrected chi connectivity index (χ1v) is 8.82. The average Bonchev–Trinajstić information content (AvgIpc) is 3.22. The van der Waals surface area contributed by atoms with Crippen LogP contribution in [0, 0.1) is 0 Å². The van der Waals surface area contributed by atoms with Crippen molar-refractivity contribution in [3.63, 3.8) is 0 Å². The maximum Gasteiger partial charge on any atom is 0.345 e. The molecule has 5 nitrogen and oxygen atoms in total. The molecule has 24 heavy (non-hydrogen) atoms. The maximum absolute atomic E-state index is 12.6. The Morgan fingerprint density at radius 3 is 2.88 bits per heavy atom. The molecule has 2 aliphatic heterocycles. The second kappa shape index (κ2) is 5.63. The normalized spacial score (nSPS) is 22.2. The molecule has 0 bridgehead atoms. The van der Waals surface area contributed by atoms with Crippen LogP contribution in [0.2, 0.25) is 0 Å². The highest BCUT2D eigenvalue weighted by molar-refractivity contribution is 7.12. The predicted octanol–water partition coefficient (Wildman–Crippen LogP) is 3.06. The Balaban J connectivity index is 1.50. The van der Waals surface area contributed by atoms with Gasteiger partial charge in [-0.1, -0.05) is 18.2 Å². The molecule has 1 saturated heterocycles. The maximum atomic E-state index is 12.6. The smallest absolute Gasteiger partial charge is 0.345 e. The molecule has 1 unspecified atom stereocenters. The van der Waals surface area contributed by atoms with E-state index < -0.39 is 5.97 Å². The lowest BCUT2D eigenvalue weighted by atomic mass is 9.90. The average molecular weight is 343 g/mol. The number of benzene rings is 1. The van der Waals surface area contributed by atoms with Crippen molar-refractivity contribution in [2.75, 3.05) is 13.1 Å². The number of aromatic carboxylic acids is 1. The summed E-state index contributed by atoms with van der Waals surface area (Å²) in [5.41, 5.74) is 1.36. The van der Waals surface area contributed by atoms with Gasteiger partial charge in [0, 0.05) is 18.3 Å². The Morgan fingerprint density at radius 2 is 2.08 bits per heavy atom. The number of para-hydroxylation sites is 1. The molecule has 6 heteroatoms. The van der Waals surface area contributed by atoms with Crippen molar-refractivity contribution in [2.45, 2.75) is 24.9 Å². The van der Waals surface area contributed by atoms with E-state index in [1.165, 1.54) is 11.6 Å². The number of ether oxygens (including phenoxy) is 1. The minimum atomic E-state index is -0.996. The number of carbonyl (C=O) groups is 2. The minimum Gasteiger partial charge on any atom is -0.485 e. The predicted molar refractivity (Wildman–Crippen MR) is 89.9 cm³/mol. The summed E-state index contributed by atoms with van der Waals surface area (Å²) in [6.07, 6.45) is 2.67. The fourth-order valence-electron chi connectivity index (χ4n) is 3.51. The number of carbonyl (C=O) groups excluding carboxylic acids is 1. The van der Waals surface area contributed by atoms with Gasteiger partial charge >= 0.3 is 5.97 Å². The number of fused-ring (bicyclic) bond motifs is 1. The molecule has 1 aromatic heterocycles. The molecule has 1 amide bonds. The second-order valence-electron chi connectivity index (χ2n) is 6.37. The third-order valence-corrected chi connectivity index (χ3v) is 5.73. The van der Waals surface area contributed by atoms with Crippen molar-refractivity contribution in [3.8, 4) is 5.75 Å². The summed E-state index contributed by atoms with van der Waals surface area (Å²) in [5, 5.41) is 10.6. The van der Waals surface area contributed by atoms with Crippen LogP contribution >= 0.6 is 11.3 Å². The Kier molecular flexibility index (Phi) is 3.57. The van der Waals surface area contributed by atoms with Crippen molar-refractivity contribution in [3.05, 3.63) is 51.7 Å². The number of hydrogen-bond donors (Lipinski definition) is 1. The molecule has 1 atom stereocenters. The number of amides is 1. The zero-order chi connectivity index (χ0) is 16.7. The number of likely N-dealkylation sites (tertiary alicyclic amines) is 1. The van der Waals surface area contributed by atoms with Gasteiger partial charge in [-0.3, -0.25) is 4.79 Å². The van der Waals surface area contributed by atoms with E-state index in [4.69, 9.17) is 9.84 Å². The fourth-order valence-corrected chi connectivity index (χ4v) is 4.22. The fraction of sp³-hybridized carbons (Fsp3) is 0.333. The van der Waals surface area contributed by atoms with Gasteiger partial charge in [0.05, 0.1) is 12.1 Å². The van der Waals surface area contributed by atoms with Gasteiger partial charge in [0.1, 0.15) is 16.2 Å². The summed E-state index contributed by atoms with van der Waals surface area (Å²) in [6, 6.07) is 9.50. The third-order valence-electron chi connectivity index (χ3n) is 4.81. The van der Waals surface area contributed by atoms with E-state index in [9.17, 15) is 9.59 Å². The molecule has 1 spiro atoms. The number of carboxylic acids is 1. The molecular weight excluding hydrogens is 326 g/mol. The first-order valence-electron chi connectivity index (χ1n) is 7.94. The van der Waals surface area contributed by atoms with E-state index in [2.05, 4.69) is 6.07 Å². The molecule has 1 N–H and O–H groups in total. The van der Waals surface area contributed by atoms with Crippen LogP contribution in [0.5, 0.6) is 5.75 Å². The molecule has 0 saturated carbocycles. The van der Waals surface area contributed by atoms with Crippen molar-refractivity contribution in [2.24, 2.45) is 0 Å². The first kappa shape index (κ1) is 15.2. The zero-order valence-electron chi connectivity index (χ0n) is 13.0. The van der Waals surface area contributed by atoms with Gasteiger partial charge in [-0.05, 0) is 30.5 Å². The largest absolute Gasteiger partial charge is 0.485 e. The monoisotopic (exact) mass is 343 g/mol. The lowest BCUT2D eigenvalue weighted by molar-refractivity contribution is 0.0485. The molecule has 1 aromatic carbocycles. The van der Waals surface area contributed by atoms with Crippen LogP contribution in [0.4, 0.5) is 0 Å². The number of nitrogens with zero attached hydrogens (tertiary/aromatic N) is 1. The van der Waals surface area contributed by atoms with Gasteiger partial charge in [0.15, 0.2) is 0 Å². The molecule has 0 aliphatic carbocycles. The van der Waals surface area contributed by atoms with Crippen molar-refractivity contribution in [1.29, 1.82) is 0 Å². The quantitative estimate of drug-likeness (QED) is 0.910. The topological polar surface area (TPSA) is 66.8 Å². The number of carboxylic acid groups (broad SMARTS) is 1. The first-order chi connectivity index (χ1) is 11.6. The molecular formula is C18H17NO4S. The molecule has 2 aliphatic rings. The summed E-state index contributed by atoms with van der Waals surface area (Å²) in [6.45, 7) is 1.19. The van der Waals surface area contributed by atoms with Gasteiger partial charge in [0.25, 0.3) is 5.91 Å². The number of thiophene rings is 1. The van der Waals surface area contributed by atoms with Gasteiger partial charge in [-0.25, -0.2) is 4.79 Å². The second-order valence-corrected chi connectivity index (χ2v) is 7.29. The highest BCUT2D eigenvalue weighted by atomic mass is 32.1. The van der Waals surface area contributed by atoms with E-state index in [1.54, 1.807) is 10.3 Å². The van der Waals surface area contributed by atoms with Gasteiger partial charge in [-0.2, -0.15) is 0 Å². The highest BCUT2D eigenvalue weighted by Gasteiger charge is 2.44. The molecule has 1 fully saturated rings. The Labute approximate surface area is 143 Å². The van der Waals surface area contributed by atoms with Gasteiger partial charge < -0.3 is 14.7 Å². The van der Waals surface area contributed by atoms with Crippen LogP contribution in [0.15, 0.2) is 35.7 Å². The SMILES string of the molecule is O=C(O)c1cc(C(=O)N2CCC3(CCc4ccccc4O3)C2)cs1. The van der Waals surface area contributed by atoms with E-state index in [-0.39, 0.29) is 16.4 Å². The molecule has 2 aromatic rings. The minimum absolute atomic E-state index is 0.113. The molecule has 0 radical (unpaired) electrons. The van der Waals surface area contributed by atoms with Crippen LogP contribution < -0.4 is 4.74 Å². The van der Waals surface area contributed by atoms with Crippen LogP contribution in [0.3, 0.4) is 0 Å². The summed E-state index contributed by atoms with van der Waals surface area (Å²) < 4.78 is 6.25. The molecule has 124 valence electrons. The lowest BCUT2D eigenvalue weighted by Crippen LogP contribution is -2.43. The third kappa shape index (κ3) is 2.57. The van der Waals surface area contributed by atoms with Crippen LogP contribution in [-0.4, -0.2) is 40.6 Å². The van der Waals surface area contributed by atoms with Crippen molar-refractivity contribution >= 4 is 23.2 Å². The number of rotatable bonds is 2. The van der Waals surface area contributed by atoms with E-state index in [1.807, 2.05) is 18.2 Å². The molecule has 3 heterocycles. The van der Waals surface area contributed by atoms with E-state index >= 15 is 0 Å². The van der Waals surface area contributed by atoms with E-state index in [0.717, 1.165) is 36.3 Å². The Morgan fingerprint density at radius 1 is 1.25 bits per heavy atom. The summed E-state index contributed by atoms with van der Waals surface area (Å²) in [7, 11) is 0.